The summed E-state index contributed by atoms with van der Waals surface area (Å²) in [6.45, 7) is 3.77. The SMILES string of the molecule is O=C(O)C1CNCCN1Cc1ccc2c(c1)OCCO2. The first-order valence-electron chi connectivity index (χ1n) is 6.80. The summed E-state index contributed by atoms with van der Waals surface area (Å²) in [5.74, 6) is 0.723. The van der Waals surface area contributed by atoms with E-state index in [2.05, 4.69) is 5.32 Å². The molecular formula is C14H18N2O4. The third-order valence-corrected chi connectivity index (χ3v) is 3.63. The van der Waals surface area contributed by atoms with Crippen molar-refractivity contribution in [3.8, 4) is 11.5 Å². The highest BCUT2D eigenvalue weighted by Crippen LogP contribution is 2.31. The molecule has 0 saturated carbocycles. The maximum atomic E-state index is 11.3. The van der Waals surface area contributed by atoms with E-state index in [-0.39, 0.29) is 0 Å². The van der Waals surface area contributed by atoms with Crippen LogP contribution in [-0.2, 0) is 11.3 Å². The molecule has 20 heavy (non-hydrogen) atoms. The Bertz CT molecular complexity index is 506. The Morgan fingerprint density at radius 3 is 2.95 bits per heavy atom. The van der Waals surface area contributed by atoms with Crippen LogP contribution >= 0.6 is 0 Å². The van der Waals surface area contributed by atoms with Gasteiger partial charge in [0.15, 0.2) is 11.5 Å². The fraction of sp³-hybridized carbons (Fsp3) is 0.500. The lowest BCUT2D eigenvalue weighted by Crippen LogP contribution is -2.54. The monoisotopic (exact) mass is 278 g/mol. The number of carbonyl (C=O) groups is 1. The first kappa shape index (κ1) is 13.2. The quantitative estimate of drug-likeness (QED) is 0.829. The highest BCUT2D eigenvalue weighted by molar-refractivity contribution is 5.74. The van der Waals surface area contributed by atoms with Gasteiger partial charge in [0.25, 0.3) is 0 Å². The fourth-order valence-corrected chi connectivity index (χ4v) is 2.60. The second kappa shape index (κ2) is 5.68. The van der Waals surface area contributed by atoms with Crippen molar-refractivity contribution in [3.63, 3.8) is 0 Å². The summed E-state index contributed by atoms with van der Waals surface area (Å²) < 4.78 is 11.0. The molecule has 2 aliphatic rings. The van der Waals surface area contributed by atoms with E-state index < -0.39 is 12.0 Å². The van der Waals surface area contributed by atoms with E-state index in [0.717, 1.165) is 30.2 Å². The lowest BCUT2D eigenvalue weighted by atomic mass is 10.1. The van der Waals surface area contributed by atoms with E-state index in [1.807, 2.05) is 23.1 Å². The summed E-state index contributed by atoms with van der Waals surface area (Å²) in [6.07, 6.45) is 0. The minimum Gasteiger partial charge on any atom is -0.486 e. The molecule has 1 fully saturated rings. The van der Waals surface area contributed by atoms with Crippen LogP contribution in [0.15, 0.2) is 18.2 Å². The topological polar surface area (TPSA) is 71.0 Å². The number of aliphatic carboxylic acids is 1. The Balaban J connectivity index is 1.74. The van der Waals surface area contributed by atoms with E-state index in [0.29, 0.717) is 26.3 Å². The van der Waals surface area contributed by atoms with Crippen LogP contribution in [0.2, 0.25) is 0 Å². The number of benzene rings is 1. The Hall–Kier alpha value is -1.79. The predicted octanol–water partition coefficient (Wildman–Crippen LogP) is 0.316. The Morgan fingerprint density at radius 2 is 2.15 bits per heavy atom. The van der Waals surface area contributed by atoms with Crippen molar-refractivity contribution in [1.29, 1.82) is 0 Å². The van der Waals surface area contributed by atoms with Gasteiger partial charge in [0.2, 0.25) is 0 Å². The number of carboxylic acid groups (broad SMARTS) is 1. The van der Waals surface area contributed by atoms with E-state index in [1.54, 1.807) is 0 Å². The molecular weight excluding hydrogens is 260 g/mol. The van der Waals surface area contributed by atoms with Crippen molar-refractivity contribution in [3.05, 3.63) is 23.8 Å². The maximum absolute atomic E-state index is 11.3. The van der Waals surface area contributed by atoms with Gasteiger partial charge >= 0.3 is 5.97 Å². The average Bonchev–Trinajstić information content (AvgIpc) is 2.47. The number of hydrogen-bond donors (Lipinski definition) is 2. The van der Waals surface area contributed by atoms with Crippen molar-refractivity contribution in [1.82, 2.24) is 10.2 Å². The van der Waals surface area contributed by atoms with E-state index >= 15 is 0 Å². The van der Waals surface area contributed by atoms with Crippen LogP contribution in [0.5, 0.6) is 11.5 Å². The van der Waals surface area contributed by atoms with Gasteiger partial charge in [-0.25, -0.2) is 0 Å². The van der Waals surface area contributed by atoms with Gasteiger partial charge in [-0.15, -0.1) is 0 Å². The summed E-state index contributed by atoms with van der Waals surface area (Å²) >= 11 is 0. The zero-order valence-corrected chi connectivity index (χ0v) is 11.2. The number of piperazine rings is 1. The van der Waals surface area contributed by atoms with Gasteiger partial charge in [-0.1, -0.05) is 6.07 Å². The van der Waals surface area contributed by atoms with Crippen molar-refractivity contribution in [2.45, 2.75) is 12.6 Å². The summed E-state index contributed by atoms with van der Waals surface area (Å²) in [6, 6.07) is 5.32. The van der Waals surface area contributed by atoms with Crippen molar-refractivity contribution < 1.29 is 19.4 Å². The molecule has 6 nitrogen and oxygen atoms in total. The molecule has 0 spiro atoms. The third-order valence-electron chi connectivity index (χ3n) is 3.63. The van der Waals surface area contributed by atoms with Crippen LogP contribution < -0.4 is 14.8 Å². The molecule has 6 heteroatoms. The van der Waals surface area contributed by atoms with Gasteiger partial charge in [-0.05, 0) is 17.7 Å². The van der Waals surface area contributed by atoms with E-state index in [9.17, 15) is 9.90 Å². The minimum absolute atomic E-state index is 0.475. The van der Waals surface area contributed by atoms with Gasteiger partial charge in [0, 0.05) is 26.2 Å². The second-order valence-electron chi connectivity index (χ2n) is 5.01. The summed E-state index contributed by atoms with van der Waals surface area (Å²) in [7, 11) is 0. The molecule has 1 aromatic rings. The lowest BCUT2D eigenvalue weighted by molar-refractivity contribution is -0.144. The number of carboxylic acids is 1. The zero-order valence-electron chi connectivity index (χ0n) is 11.2. The first-order chi connectivity index (χ1) is 9.74. The smallest absolute Gasteiger partial charge is 0.322 e. The normalized spacial score (nSPS) is 22.5. The molecule has 108 valence electrons. The molecule has 2 heterocycles. The molecule has 1 atom stereocenters. The number of hydrogen-bond acceptors (Lipinski definition) is 5. The van der Waals surface area contributed by atoms with Crippen LogP contribution in [0.3, 0.4) is 0 Å². The minimum atomic E-state index is -0.783. The van der Waals surface area contributed by atoms with Crippen LogP contribution in [0, 0.1) is 0 Å². The Morgan fingerprint density at radius 1 is 1.35 bits per heavy atom. The van der Waals surface area contributed by atoms with Crippen molar-refractivity contribution >= 4 is 5.97 Å². The van der Waals surface area contributed by atoms with Crippen LogP contribution in [-0.4, -0.2) is 54.9 Å². The molecule has 0 amide bonds. The number of fused-ring (bicyclic) bond motifs is 1. The van der Waals surface area contributed by atoms with Gasteiger partial charge in [-0.3, -0.25) is 9.69 Å². The van der Waals surface area contributed by atoms with Crippen molar-refractivity contribution in [2.24, 2.45) is 0 Å². The molecule has 1 unspecified atom stereocenters. The molecule has 0 bridgehead atoms. The molecule has 1 aromatic carbocycles. The van der Waals surface area contributed by atoms with Crippen molar-refractivity contribution in [2.75, 3.05) is 32.8 Å². The summed E-state index contributed by atoms with van der Waals surface area (Å²) in [5, 5.41) is 12.4. The van der Waals surface area contributed by atoms with Crippen LogP contribution in [0.4, 0.5) is 0 Å². The number of rotatable bonds is 3. The molecule has 0 radical (unpaired) electrons. The van der Waals surface area contributed by atoms with Crippen LogP contribution in [0.1, 0.15) is 5.56 Å². The number of ether oxygens (including phenoxy) is 2. The van der Waals surface area contributed by atoms with Crippen LogP contribution in [0.25, 0.3) is 0 Å². The van der Waals surface area contributed by atoms with E-state index in [1.165, 1.54) is 0 Å². The maximum Gasteiger partial charge on any atom is 0.322 e. The fourth-order valence-electron chi connectivity index (χ4n) is 2.60. The van der Waals surface area contributed by atoms with Gasteiger partial charge in [0.05, 0.1) is 0 Å². The first-order valence-corrected chi connectivity index (χ1v) is 6.80. The van der Waals surface area contributed by atoms with Gasteiger partial charge in [-0.2, -0.15) is 0 Å². The highest BCUT2D eigenvalue weighted by Gasteiger charge is 2.28. The predicted molar refractivity (Wildman–Crippen MR) is 72.1 cm³/mol. The Labute approximate surface area is 117 Å². The molecule has 0 aliphatic carbocycles. The lowest BCUT2D eigenvalue weighted by Gasteiger charge is -2.33. The molecule has 3 rings (SSSR count). The molecule has 1 saturated heterocycles. The molecule has 0 aromatic heterocycles. The standard InChI is InChI=1S/C14H18N2O4/c17-14(18)11-8-15-3-4-16(11)9-10-1-2-12-13(7-10)20-6-5-19-12/h1-2,7,11,15H,3-6,8-9H2,(H,17,18). The summed E-state index contributed by atoms with van der Waals surface area (Å²) in [5.41, 5.74) is 1.04. The van der Waals surface area contributed by atoms with Gasteiger partial charge < -0.3 is 19.9 Å². The highest BCUT2D eigenvalue weighted by atomic mass is 16.6. The van der Waals surface area contributed by atoms with E-state index in [4.69, 9.17) is 9.47 Å². The zero-order chi connectivity index (χ0) is 13.9. The second-order valence-corrected chi connectivity index (χ2v) is 5.01. The number of nitrogens with zero attached hydrogens (tertiary/aromatic N) is 1. The largest absolute Gasteiger partial charge is 0.486 e. The average molecular weight is 278 g/mol. The Kier molecular flexibility index (Phi) is 3.75. The summed E-state index contributed by atoms with van der Waals surface area (Å²) in [4.78, 5) is 13.2. The molecule has 2 aliphatic heterocycles. The molecule has 2 N–H and O–H groups in total. The third kappa shape index (κ3) is 2.71. The number of nitrogens with one attached hydrogen (secondary N) is 1. The van der Waals surface area contributed by atoms with Gasteiger partial charge in [0.1, 0.15) is 19.3 Å².